The molecule has 0 aliphatic carbocycles. The lowest BCUT2D eigenvalue weighted by atomic mass is 10.0. The standard InChI is InChI=1S/C13H14N2.C12H12N2O2.C12H12N2.C12H10N2.C10H8N2.C9H7N.C7H3N3.C7H6N2O2.2C7H6N2.C7H9N.C6H7NS.CO2.O3S/c1(2-12-4-8-14-9-5-12)3-13-6-10-15-11-7-13;15-11(9-1-5-13-6-2-9)12(16)10-3-7-14-8-4-10;2*1(11-3-7-13-8-4-11)2-12-5-9-14-10-6-12;1-5-11-6-2-9(1)10-3-7-12-8-4-10;1-2-6-9-8(4-1)5-3-7-10-9;8-3-6-1-2-10-5-7(6)4-9;10-9(11)5-3-7-2-1-4-8-6-7;1-6-2-7(3-8)5-9-4-6;8-4-3-7-2-1-5-9-6-7;1-2-7-3-5-8-6-4-7;1-8-6-2-4-7-5-3-6;2-1-3;1-4(2)3/h4-11H,1-3H2;1-8,11-12,15-16H;3-10H,1-2H2;1-10H;1-8H;1-7H;1-2,5H;1-6H;2,4-5H,1H3;1-2,5-6H,3H2;3-6H,2H2,1H3;2-5H,1H3;;/b;;;2-1+;;;;5-3+;;;;;;. The first kappa shape index (κ1) is 115. The lowest BCUT2D eigenvalue weighted by Crippen LogP contribution is -2.10. The summed E-state index contributed by atoms with van der Waals surface area (Å²) in [6.07, 6.45) is 70.9. The highest BCUT2D eigenvalue weighted by atomic mass is 32.2. The van der Waals surface area contributed by atoms with Gasteiger partial charge in [-0.15, -0.1) is 24.4 Å². The van der Waals surface area contributed by atoms with Crippen LogP contribution in [0.4, 0.5) is 0 Å². The van der Waals surface area contributed by atoms with Crippen LogP contribution in [-0.4, -0.2) is 125 Å². The van der Waals surface area contributed by atoms with E-state index in [1.165, 1.54) is 80.2 Å². The number of aryl methyl sites for hydroxylation is 6. The maximum Gasteiger partial charge on any atom is 0.425 e. The maximum absolute atomic E-state index is 9.94. The average Bonchev–Trinajstić information content (AvgIpc) is 0.857. The van der Waals surface area contributed by atoms with Crippen LogP contribution in [-0.2, 0) is 58.7 Å². The fourth-order valence-electron chi connectivity index (χ4n) is 11.2. The molecule has 17 heterocycles. The SMILES string of the molecule is C(=C\c1ccncc1)/c1ccncc1.CCc1ccncc1.CSc1ccncc1.Cc1cncc(C#N)c1.N#CCc1cccnc1.N#Cc1ccncc1C#N.O=C=O.O=S(=O)=O.O=[N+]([O-])/C=C/c1cccnc1.OC(c1ccncc1)C(O)c1ccncc1.c1cc(-c2ccncc2)ccn1.c1cc(CCCc2ccncc2)ccn1.c1cc(CCc2ccncc2)ccn1.c1ccc2ncccc2c1. The lowest BCUT2D eigenvalue weighted by molar-refractivity contribution is -0.400. The van der Waals surface area contributed by atoms with Gasteiger partial charge in [-0.25, -0.2) is 0 Å². The van der Waals surface area contributed by atoms with Crippen molar-refractivity contribution in [3.05, 3.63) is 523 Å². The first-order chi connectivity index (χ1) is 70.0. The van der Waals surface area contributed by atoms with E-state index in [9.17, 15) is 20.3 Å². The van der Waals surface area contributed by atoms with Crippen LogP contribution in [0.5, 0.6) is 0 Å². The molecular formula is C110H100N22O9S2. The first-order valence-corrected chi connectivity index (χ1v) is 45.7. The number of pyridine rings is 17. The monoisotopic (exact) mass is 1940 g/mol. The highest BCUT2D eigenvalue weighted by Crippen LogP contribution is 2.28. The Balaban J connectivity index is 0.000000275. The van der Waals surface area contributed by atoms with Gasteiger partial charge in [0.1, 0.15) is 30.4 Å². The van der Waals surface area contributed by atoms with Crippen molar-refractivity contribution in [3.63, 3.8) is 0 Å². The second kappa shape index (κ2) is 75.4. The van der Waals surface area contributed by atoms with Crippen LogP contribution in [0, 0.1) is 62.4 Å². The molecule has 716 valence electrons. The second-order valence-corrected chi connectivity index (χ2v) is 29.6. The van der Waals surface area contributed by atoms with Gasteiger partial charge in [0.2, 0.25) is 6.20 Å². The molecule has 2 atom stereocenters. The summed E-state index contributed by atoms with van der Waals surface area (Å²) in [5.74, 6) is 0. The van der Waals surface area contributed by atoms with Crippen molar-refractivity contribution in [2.45, 2.75) is 75.9 Å². The molecule has 0 saturated heterocycles. The molecule has 33 heteroatoms. The van der Waals surface area contributed by atoms with E-state index in [0.717, 1.165) is 71.6 Å². The van der Waals surface area contributed by atoms with E-state index < -0.39 is 27.7 Å². The summed E-state index contributed by atoms with van der Waals surface area (Å²) in [6.45, 7) is 4.04. The van der Waals surface area contributed by atoms with Crippen molar-refractivity contribution in [2.75, 3.05) is 6.26 Å². The number of hydrogen-bond donors (Lipinski definition) is 2. The van der Waals surface area contributed by atoms with E-state index in [0.29, 0.717) is 34.2 Å². The summed E-state index contributed by atoms with van der Waals surface area (Å²) in [5.41, 5.74) is 17.7. The minimum Gasteiger partial charge on any atom is -0.385 e. The minimum absolute atomic E-state index is 0.250. The molecule has 0 aliphatic heterocycles. The van der Waals surface area contributed by atoms with Gasteiger partial charge in [-0.2, -0.15) is 30.6 Å². The Morgan fingerprint density at radius 1 is 0.378 bits per heavy atom. The minimum atomic E-state index is -3.11. The topological polar surface area (TPSA) is 483 Å². The summed E-state index contributed by atoms with van der Waals surface area (Å²) in [6, 6.07) is 77.4. The Kier molecular flexibility index (Phi) is 60.4. The van der Waals surface area contributed by atoms with Gasteiger partial charge in [-0.3, -0.25) is 94.8 Å². The number of thioether (sulfide) groups is 1. The number of fused-ring (bicyclic) bond motifs is 1. The smallest absolute Gasteiger partial charge is 0.385 e. The molecular weight excluding hydrogens is 1840 g/mol. The predicted octanol–water partition coefficient (Wildman–Crippen LogP) is 19.6. The van der Waals surface area contributed by atoms with Gasteiger partial charge in [-0.05, 0) is 312 Å². The number of nitriles is 4. The number of carbonyl (C=O) groups excluding carboxylic acids is 2. The molecule has 0 amide bonds. The summed E-state index contributed by atoms with van der Waals surface area (Å²) >= 11 is 1.73. The molecule has 2 N–H and O–H groups in total. The Bertz CT molecular complexity index is 6490. The third-order valence-electron chi connectivity index (χ3n) is 18.3. The van der Waals surface area contributed by atoms with Gasteiger partial charge in [0.15, 0.2) is 0 Å². The van der Waals surface area contributed by atoms with Crippen LogP contribution in [0.2, 0.25) is 0 Å². The van der Waals surface area contributed by atoms with Crippen molar-refractivity contribution in [1.29, 1.82) is 21.0 Å². The Morgan fingerprint density at radius 2 is 0.748 bits per heavy atom. The molecule has 143 heavy (non-hydrogen) atoms. The Morgan fingerprint density at radius 3 is 1.10 bits per heavy atom. The molecule has 1 aromatic carbocycles. The number of rotatable bonds is 18. The van der Waals surface area contributed by atoms with Gasteiger partial charge in [0, 0.05) is 221 Å². The van der Waals surface area contributed by atoms with Crippen LogP contribution in [0.3, 0.4) is 0 Å². The molecule has 0 spiro atoms. The van der Waals surface area contributed by atoms with Crippen LogP contribution in [0.15, 0.2) is 434 Å². The number of aliphatic hydroxyl groups excluding tert-OH is 2. The largest absolute Gasteiger partial charge is 0.425 e. The number of nitro groups is 1. The van der Waals surface area contributed by atoms with Gasteiger partial charge in [0.05, 0.1) is 39.6 Å². The van der Waals surface area contributed by atoms with Crippen LogP contribution < -0.4 is 0 Å². The predicted molar refractivity (Wildman–Crippen MR) is 547 cm³/mol. The lowest BCUT2D eigenvalue weighted by Gasteiger charge is -2.17. The first-order valence-electron chi connectivity index (χ1n) is 43.4. The molecule has 31 nitrogen and oxygen atoms in total. The van der Waals surface area contributed by atoms with Gasteiger partial charge in [0.25, 0.3) is 0 Å². The fourth-order valence-corrected chi connectivity index (χ4v) is 11.6. The van der Waals surface area contributed by atoms with Gasteiger partial charge in [-0.1, -0.05) is 55.5 Å². The molecule has 17 aromatic heterocycles. The highest BCUT2D eigenvalue weighted by Gasteiger charge is 2.20. The fraction of sp³-hybridized carbons (Fsp3) is 0.109. The molecule has 18 aromatic rings. The number of benzene rings is 1. The van der Waals surface area contributed by atoms with Crippen LogP contribution in [0.25, 0.3) is 40.3 Å². The maximum atomic E-state index is 9.94. The normalized spacial score (nSPS) is 9.83. The Hall–Kier alpha value is -18.9. The van der Waals surface area contributed by atoms with Crippen molar-refractivity contribution >= 4 is 57.7 Å². The number of aliphatic hydroxyl groups is 2. The third kappa shape index (κ3) is 54.5. The third-order valence-corrected chi connectivity index (χ3v) is 19.0. The molecule has 0 radical (unpaired) electrons. The number of hydrogen-bond acceptors (Lipinski definition) is 31. The zero-order valence-corrected chi connectivity index (χ0v) is 79.8. The zero-order chi connectivity index (χ0) is 103. The van der Waals surface area contributed by atoms with E-state index in [2.05, 4.69) is 171 Å². The molecule has 0 fully saturated rings. The van der Waals surface area contributed by atoms with Gasteiger partial charge < -0.3 is 10.2 Å². The van der Waals surface area contributed by atoms with Crippen molar-refractivity contribution < 1.29 is 37.4 Å². The number of para-hydroxylation sites is 1. The Labute approximate surface area is 835 Å². The van der Waals surface area contributed by atoms with E-state index >= 15 is 0 Å². The second-order valence-electron chi connectivity index (χ2n) is 28.3. The summed E-state index contributed by atoms with van der Waals surface area (Å²) in [7, 11) is -3.11. The summed E-state index contributed by atoms with van der Waals surface area (Å²) in [5, 5.41) is 64.4. The van der Waals surface area contributed by atoms with E-state index in [1.807, 2.05) is 209 Å². The molecule has 2 unspecified atom stereocenters. The molecule has 0 saturated carbocycles. The molecule has 18 rings (SSSR count). The van der Waals surface area contributed by atoms with Crippen molar-refractivity contribution in [2.24, 2.45) is 0 Å². The quantitative estimate of drug-likeness (QED) is 0.0457. The van der Waals surface area contributed by atoms with Crippen molar-refractivity contribution in [3.8, 4) is 35.4 Å². The summed E-state index contributed by atoms with van der Waals surface area (Å²) < 4.78 is 25.3. The van der Waals surface area contributed by atoms with E-state index in [4.69, 9.17) is 43.3 Å². The van der Waals surface area contributed by atoms with Crippen molar-refractivity contribution in [1.82, 2.24) is 84.7 Å². The van der Waals surface area contributed by atoms with Crippen LogP contribution in [0.1, 0.15) is 109 Å². The zero-order valence-electron chi connectivity index (χ0n) is 78.2. The molecule has 0 aliphatic rings. The van der Waals surface area contributed by atoms with E-state index in [-0.39, 0.29) is 6.15 Å². The summed E-state index contributed by atoms with van der Waals surface area (Å²) in [4.78, 5) is 93.5. The number of aromatic nitrogens is 17. The number of nitrogens with zero attached hydrogens (tertiary/aromatic N) is 22. The van der Waals surface area contributed by atoms with E-state index in [1.54, 1.807) is 178 Å². The van der Waals surface area contributed by atoms with Crippen LogP contribution >= 0.6 is 11.8 Å². The van der Waals surface area contributed by atoms with Gasteiger partial charge >= 0.3 is 16.8 Å². The molecule has 0 bridgehead atoms. The average molecular weight is 1940 g/mol. The highest BCUT2D eigenvalue weighted by molar-refractivity contribution is 7.98.